The summed E-state index contributed by atoms with van der Waals surface area (Å²) in [5.74, 6) is -0.272. The maximum atomic E-state index is 11.6. The number of methoxy groups -OCH3 is 1. The van der Waals surface area contributed by atoms with Crippen molar-refractivity contribution in [3.05, 3.63) is 29.8 Å². The molecule has 0 amide bonds. The Bertz CT molecular complexity index is 430. The summed E-state index contributed by atoms with van der Waals surface area (Å²) in [6.07, 6.45) is 4.97. The van der Waals surface area contributed by atoms with Gasteiger partial charge in [0.25, 0.3) is 0 Å². The van der Waals surface area contributed by atoms with Gasteiger partial charge in [-0.05, 0) is 44.0 Å². The lowest BCUT2D eigenvalue weighted by Crippen LogP contribution is -2.37. The molecular weight excluding hydrogens is 254 g/mol. The van der Waals surface area contributed by atoms with Crippen LogP contribution in [0.2, 0.25) is 0 Å². The summed E-state index contributed by atoms with van der Waals surface area (Å²) in [6, 6.07) is 7.79. The monoisotopic (exact) mass is 277 g/mol. The van der Waals surface area contributed by atoms with Crippen LogP contribution in [0.1, 0.15) is 43.0 Å². The van der Waals surface area contributed by atoms with Crippen molar-refractivity contribution in [3.63, 3.8) is 0 Å². The highest BCUT2D eigenvalue weighted by molar-refractivity contribution is 5.89. The summed E-state index contributed by atoms with van der Waals surface area (Å²) >= 11 is 0. The van der Waals surface area contributed by atoms with Gasteiger partial charge in [-0.15, -0.1) is 0 Å². The molecule has 1 fully saturated rings. The Morgan fingerprint density at radius 1 is 1.25 bits per heavy atom. The maximum Gasteiger partial charge on any atom is 0.338 e. The maximum absolute atomic E-state index is 11.6. The molecule has 0 aromatic heterocycles. The van der Waals surface area contributed by atoms with Crippen molar-refractivity contribution in [2.24, 2.45) is 0 Å². The van der Waals surface area contributed by atoms with Gasteiger partial charge >= 0.3 is 5.97 Å². The molecule has 20 heavy (non-hydrogen) atoms. The molecule has 0 radical (unpaired) electrons. The molecule has 2 unspecified atom stereocenters. The van der Waals surface area contributed by atoms with Crippen LogP contribution < -0.4 is 5.32 Å². The molecule has 2 atom stereocenters. The summed E-state index contributed by atoms with van der Waals surface area (Å²) in [5, 5.41) is 3.50. The molecule has 1 aliphatic carbocycles. The van der Waals surface area contributed by atoms with Gasteiger partial charge < -0.3 is 14.8 Å². The SMILES string of the molecule is CCOC(=O)c1ccc(NC2CCCCC2OC)cc1. The summed E-state index contributed by atoms with van der Waals surface area (Å²) < 4.78 is 10.5. The first-order valence-corrected chi connectivity index (χ1v) is 7.31. The number of ether oxygens (including phenoxy) is 2. The fourth-order valence-electron chi connectivity index (χ4n) is 2.68. The van der Waals surface area contributed by atoms with E-state index in [9.17, 15) is 4.79 Å². The van der Waals surface area contributed by atoms with Gasteiger partial charge in [0.2, 0.25) is 0 Å². The molecule has 0 saturated heterocycles. The Balaban J connectivity index is 1.97. The van der Waals surface area contributed by atoms with Crippen molar-refractivity contribution in [2.45, 2.75) is 44.8 Å². The van der Waals surface area contributed by atoms with Crippen LogP contribution >= 0.6 is 0 Å². The first-order valence-electron chi connectivity index (χ1n) is 7.31. The second-order valence-corrected chi connectivity index (χ2v) is 5.11. The molecule has 0 aliphatic heterocycles. The van der Waals surface area contributed by atoms with Gasteiger partial charge in [-0.2, -0.15) is 0 Å². The van der Waals surface area contributed by atoms with Crippen molar-refractivity contribution in [1.82, 2.24) is 0 Å². The smallest absolute Gasteiger partial charge is 0.338 e. The first kappa shape index (κ1) is 14.9. The van der Waals surface area contributed by atoms with Gasteiger partial charge in [-0.25, -0.2) is 4.79 Å². The van der Waals surface area contributed by atoms with Gasteiger partial charge in [-0.3, -0.25) is 0 Å². The van der Waals surface area contributed by atoms with E-state index in [2.05, 4.69) is 5.32 Å². The molecule has 0 heterocycles. The Morgan fingerprint density at radius 2 is 1.95 bits per heavy atom. The van der Waals surface area contributed by atoms with Crippen molar-refractivity contribution in [1.29, 1.82) is 0 Å². The number of benzene rings is 1. The predicted octanol–water partition coefficient (Wildman–Crippen LogP) is 3.23. The highest BCUT2D eigenvalue weighted by Gasteiger charge is 2.24. The predicted molar refractivity (Wildman–Crippen MR) is 79.1 cm³/mol. The number of anilines is 1. The minimum Gasteiger partial charge on any atom is -0.462 e. The number of hydrogen-bond donors (Lipinski definition) is 1. The van der Waals surface area contributed by atoms with E-state index in [0.717, 1.165) is 18.5 Å². The summed E-state index contributed by atoms with van der Waals surface area (Å²) in [4.78, 5) is 11.6. The van der Waals surface area contributed by atoms with Crippen LogP contribution in [0.15, 0.2) is 24.3 Å². The molecule has 1 aromatic carbocycles. The van der Waals surface area contributed by atoms with E-state index in [1.165, 1.54) is 12.8 Å². The quantitative estimate of drug-likeness (QED) is 0.839. The van der Waals surface area contributed by atoms with E-state index in [-0.39, 0.29) is 12.1 Å². The van der Waals surface area contributed by atoms with Crippen LogP contribution in [0.25, 0.3) is 0 Å². The van der Waals surface area contributed by atoms with Gasteiger partial charge in [0, 0.05) is 12.8 Å². The molecule has 110 valence electrons. The van der Waals surface area contributed by atoms with Crippen LogP contribution in [0, 0.1) is 0 Å². The molecule has 1 aliphatic rings. The Labute approximate surface area is 120 Å². The van der Waals surface area contributed by atoms with E-state index in [4.69, 9.17) is 9.47 Å². The molecule has 1 N–H and O–H groups in total. The molecular formula is C16H23NO3. The fourth-order valence-corrected chi connectivity index (χ4v) is 2.68. The average Bonchev–Trinajstić information content (AvgIpc) is 2.49. The standard InChI is InChI=1S/C16H23NO3/c1-3-20-16(18)12-8-10-13(11-9-12)17-14-6-4-5-7-15(14)19-2/h8-11,14-15,17H,3-7H2,1-2H3. The number of esters is 1. The minimum absolute atomic E-state index is 0.272. The van der Waals surface area contributed by atoms with E-state index >= 15 is 0 Å². The third-order valence-electron chi connectivity index (χ3n) is 3.75. The van der Waals surface area contributed by atoms with Crippen molar-refractivity contribution in [2.75, 3.05) is 19.0 Å². The zero-order valence-electron chi connectivity index (χ0n) is 12.2. The number of hydrogen-bond acceptors (Lipinski definition) is 4. The molecule has 1 saturated carbocycles. The molecule has 0 spiro atoms. The van der Waals surface area contributed by atoms with Crippen molar-refractivity contribution >= 4 is 11.7 Å². The van der Waals surface area contributed by atoms with E-state index in [1.807, 2.05) is 19.1 Å². The average molecular weight is 277 g/mol. The Kier molecular flexibility index (Phi) is 5.41. The topological polar surface area (TPSA) is 47.6 Å². The zero-order chi connectivity index (χ0) is 14.4. The minimum atomic E-state index is -0.272. The van der Waals surface area contributed by atoms with Gasteiger partial charge in [-0.1, -0.05) is 12.8 Å². The molecule has 4 nitrogen and oxygen atoms in total. The summed E-state index contributed by atoms with van der Waals surface area (Å²) in [7, 11) is 1.77. The Hall–Kier alpha value is -1.55. The lowest BCUT2D eigenvalue weighted by molar-refractivity contribution is 0.0526. The van der Waals surface area contributed by atoms with Crippen LogP contribution in [0.4, 0.5) is 5.69 Å². The largest absolute Gasteiger partial charge is 0.462 e. The van der Waals surface area contributed by atoms with Crippen molar-refractivity contribution in [3.8, 4) is 0 Å². The molecule has 2 rings (SSSR count). The van der Waals surface area contributed by atoms with Crippen LogP contribution in [-0.4, -0.2) is 31.8 Å². The number of nitrogens with one attached hydrogen (secondary N) is 1. The highest BCUT2D eigenvalue weighted by Crippen LogP contribution is 2.24. The fraction of sp³-hybridized carbons (Fsp3) is 0.562. The summed E-state index contributed by atoms with van der Waals surface area (Å²) in [5.41, 5.74) is 1.61. The highest BCUT2D eigenvalue weighted by atomic mass is 16.5. The summed E-state index contributed by atoms with van der Waals surface area (Å²) in [6.45, 7) is 2.21. The van der Waals surface area contributed by atoms with Crippen LogP contribution in [0.5, 0.6) is 0 Å². The second kappa shape index (κ2) is 7.29. The van der Waals surface area contributed by atoms with E-state index < -0.39 is 0 Å². The third-order valence-corrected chi connectivity index (χ3v) is 3.75. The second-order valence-electron chi connectivity index (χ2n) is 5.11. The third kappa shape index (κ3) is 3.73. The van der Waals surface area contributed by atoms with Crippen LogP contribution in [0.3, 0.4) is 0 Å². The Morgan fingerprint density at radius 3 is 2.60 bits per heavy atom. The lowest BCUT2D eigenvalue weighted by atomic mass is 9.92. The van der Waals surface area contributed by atoms with E-state index in [1.54, 1.807) is 19.2 Å². The van der Waals surface area contributed by atoms with Crippen molar-refractivity contribution < 1.29 is 14.3 Å². The molecule has 0 bridgehead atoms. The van der Waals surface area contributed by atoms with E-state index in [0.29, 0.717) is 18.2 Å². The molecule has 1 aromatic rings. The lowest BCUT2D eigenvalue weighted by Gasteiger charge is -2.31. The zero-order valence-corrected chi connectivity index (χ0v) is 12.2. The normalized spacial score (nSPS) is 22.3. The van der Waals surface area contributed by atoms with Gasteiger partial charge in [0.05, 0.1) is 24.3 Å². The number of carbonyl (C=O) groups excluding carboxylic acids is 1. The number of carbonyl (C=O) groups is 1. The number of rotatable bonds is 5. The van der Waals surface area contributed by atoms with Crippen LogP contribution in [-0.2, 0) is 9.47 Å². The molecule has 4 heteroatoms. The first-order chi connectivity index (χ1) is 9.74. The van der Waals surface area contributed by atoms with Gasteiger partial charge in [0.1, 0.15) is 0 Å². The van der Waals surface area contributed by atoms with Gasteiger partial charge in [0.15, 0.2) is 0 Å².